The Labute approximate surface area is 98.7 Å². The van der Waals surface area contributed by atoms with Crippen LogP contribution in [-0.2, 0) is 12.3 Å². The zero-order chi connectivity index (χ0) is 11.1. The molecule has 0 aliphatic carbocycles. The molecule has 0 N–H and O–H groups in total. The van der Waals surface area contributed by atoms with Gasteiger partial charge in [-0.1, -0.05) is 40.0 Å². The first kappa shape index (κ1) is 13.6. The van der Waals surface area contributed by atoms with Gasteiger partial charge in [-0.2, -0.15) is 0 Å². The summed E-state index contributed by atoms with van der Waals surface area (Å²) < 4.78 is 18.0. The highest BCUT2D eigenvalue weighted by Gasteiger charge is 2.41. The second-order valence-electron chi connectivity index (χ2n) is 4.18. The van der Waals surface area contributed by atoms with E-state index >= 15 is 0 Å². The fourth-order valence-corrected chi connectivity index (χ4v) is 13.6. The minimum absolute atomic E-state index is 0.706. The van der Waals surface area contributed by atoms with Crippen LogP contribution in [0.25, 0.3) is 0 Å². The van der Waals surface area contributed by atoms with Crippen molar-refractivity contribution < 1.29 is 12.3 Å². The second kappa shape index (κ2) is 6.97. The van der Waals surface area contributed by atoms with Crippen LogP contribution in [0.2, 0.25) is 18.1 Å². The van der Waals surface area contributed by atoms with Gasteiger partial charge in [0.2, 0.25) is 0 Å². The lowest BCUT2D eigenvalue weighted by Gasteiger charge is -2.39. The molecule has 1 atom stereocenters. The van der Waals surface area contributed by atoms with E-state index in [2.05, 4.69) is 20.8 Å². The fraction of sp³-hybridized carbons (Fsp3) is 1.00. The molecular formula is C9H24O3Si3. The standard InChI is InChI=1S/C9H24O3Si3/c1-4-7-14-10-13-11-15(12-14,8-5-2)9-6-3/h14H,4-9,13H2,1-3H3. The van der Waals surface area contributed by atoms with Gasteiger partial charge < -0.3 is 12.3 Å². The third-order valence-electron chi connectivity index (χ3n) is 2.71. The van der Waals surface area contributed by atoms with Crippen LogP contribution in [-0.4, -0.2) is 27.9 Å². The van der Waals surface area contributed by atoms with Crippen LogP contribution in [0.15, 0.2) is 0 Å². The van der Waals surface area contributed by atoms with Crippen molar-refractivity contribution in [2.75, 3.05) is 0 Å². The Hall–Kier alpha value is 0.531. The summed E-state index contributed by atoms with van der Waals surface area (Å²) >= 11 is 0. The quantitative estimate of drug-likeness (QED) is 0.686. The van der Waals surface area contributed by atoms with Gasteiger partial charge in [0, 0.05) is 0 Å². The molecular weight excluding hydrogens is 240 g/mol. The van der Waals surface area contributed by atoms with Crippen LogP contribution in [0, 0.1) is 0 Å². The Balaban J connectivity index is 2.53. The monoisotopic (exact) mass is 264 g/mol. The van der Waals surface area contributed by atoms with Crippen molar-refractivity contribution in [3.8, 4) is 0 Å². The first-order valence-corrected chi connectivity index (χ1v) is 11.3. The summed E-state index contributed by atoms with van der Waals surface area (Å²) in [5.41, 5.74) is 0. The summed E-state index contributed by atoms with van der Waals surface area (Å²) in [5, 5.41) is 0. The van der Waals surface area contributed by atoms with Gasteiger partial charge in [-0.15, -0.1) is 0 Å². The Kier molecular flexibility index (Phi) is 6.32. The fourth-order valence-electron chi connectivity index (χ4n) is 2.05. The Morgan fingerprint density at radius 3 is 2.27 bits per heavy atom. The van der Waals surface area contributed by atoms with Crippen molar-refractivity contribution in [1.82, 2.24) is 0 Å². The summed E-state index contributed by atoms with van der Waals surface area (Å²) in [4.78, 5) is 0. The van der Waals surface area contributed by atoms with E-state index in [-0.39, 0.29) is 0 Å². The maximum absolute atomic E-state index is 6.26. The van der Waals surface area contributed by atoms with Gasteiger partial charge in [-0.25, -0.2) is 0 Å². The zero-order valence-electron chi connectivity index (χ0n) is 10.3. The van der Waals surface area contributed by atoms with E-state index in [1.165, 1.54) is 37.4 Å². The molecule has 0 aromatic rings. The molecule has 0 saturated carbocycles. The molecule has 0 bridgehead atoms. The molecule has 0 radical (unpaired) electrons. The van der Waals surface area contributed by atoms with Gasteiger partial charge in [-0.3, -0.25) is 0 Å². The summed E-state index contributed by atoms with van der Waals surface area (Å²) in [5.74, 6) is 0. The first-order valence-electron chi connectivity index (χ1n) is 6.19. The maximum Gasteiger partial charge on any atom is 0.320 e. The molecule has 1 aliphatic heterocycles. The lowest BCUT2D eigenvalue weighted by Crippen LogP contribution is -2.53. The van der Waals surface area contributed by atoms with Crippen LogP contribution in [0.3, 0.4) is 0 Å². The lowest BCUT2D eigenvalue weighted by molar-refractivity contribution is 0.270. The second-order valence-corrected chi connectivity index (χ2v) is 12.1. The molecule has 1 unspecified atom stereocenters. The largest absolute Gasteiger partial charge is 0.422 e. The van der Waals surface area contributed by atoms with E-state index < -0.39 is 27.9 Å². The van der Waals surface area contributed by atoms with E-state index in [0.717, 1.165) is 0 Å². The van der Waals surface area contributed by atoms with Crippen LogP contribution in [0.4, 0.5) is 0 Å². The SMILES string of the molecule is CCC[SiH]1O[SiH2]O[Si](CCC)(CCC)O1. The Morgan fingerprint density at radius 1 is 1.07 bits per heavy atom. The predicted octanol–water partition coefficient (Wildman–Crippen LogP) is 1.94. The van der Waals surface area contributed by atoms with Crippen LogP contribution in [0.1, 0.15) is 40.0 Å². The third-order valence-corrected chi connectivity index (χ3v) is 13.7. The molecule has 3 nitrogen and oxygen atoms in total. The molecule has 1 saturated heterocycles. The normalized spacial score (nSPS) is 27.0. The minimum Gasteiger partial charge on any atom is -0.422 e. The van der Waals surface area contributed by atoms with Gasteiger partial charge in [0.1, 0.15) is 0 Å². The number of hydrogen-bond acceptors (Lipinski definition) is 3. The Bertz CT molecular complexity index is 166. The molecule has 90 valence electrons. The van der Waals surface area contributed by atoms with Crippen molar-refractivity contribution in [3.63, 3.8) is 0 Å². The molecule has 1 aliphatic rings. The highest BCUT2D eigenvalue weighted by atomic mass is 28.5. The molecule has 0 amide bonds. The molecule has 1 heterocycles. The summed E-state index contributed by atoms with van der Waals surface area (Å²) in [6.45, 7) is 6.66. The average Bonchev–Trinajstić information content (AvgIpc) is 2.19. The topological polar surface area (TPSA) is 27.7 Å². The van der Waals surface area contributed by atoms with E-state index in [9.17, 15) is 0 Å². The molecule has 6 heteroatoms. The minimum atomic E-state index is -1.78. The number of hydrogen-bond donors (Lipinski definition) is 0. The van der Waals surface area contributed by atoms with Crippen molar-refractivity contribution in [1.29, 1.82) is 0 Å². The highest BCUT2D eigenvalue weighted by molar-refractivity contribution is 6.80. The van der Waals surface area contributed by atoms with Crippen molar-refractivity contribution >= 4 is 27.9 Å². The van der Waals surface area contributed by atoms with E-state index in [1.54, 1.807) is 0 Å². The number of rotatable bonds is 6. The van der Waals surface area contributed by atoms with E-state index in [1.807, 2.05) is 0 Å². The van der Waals surface area contributed by atoms with Crippen LogP contribution >= 0.6 is 0 Å². The molecule has 1 rings (SSSR count). The molecule has 1 fully saturated rings. The zero-order valence-corrected chi connectivity index (χ0v) is 13.8. The van der Waals surface area contributed by atoms with Gasteiger partial charge in [-0.05, 0) is 18.1 Å². The summed E-state index contributed by atoms with van der Waals surface area (Å²) in [6, 6.07) is 3.51. The average molecular weight is 265 g/mol. The van der Waals surface area contributed by atoms with Crippen LogP contribution in [0.5, 0.6) is 0 Å². The van der Waals surface area contributed by atoms with Crippen molar-refractivity contribution in [3.05, 3.63) is 0 Å². The van der Waals surface area contributed by atoms with Crippen molar-refractivity contribution in [2.24, 2.45) is 0 Å². The van der Waals surface area contributed by atoms with Gasteiger partial charge in [0.05, 0.1) is 0 Å². The van der Waals surface area contributed by atoms with Crippen molar-refractivity contribution in [2.45, 2.75) is 58.2 Å². The summed E-state index contributed by atoms with van der Waals surface area (Å²) in [7, 11) is -3.81. The summed E-state index contributed by atoms with van der Waals surface area (Å²) in [6.07, 6.45) is 3.57. The van der Waals surface area contributed by atoms with Gasteiger partial charge in [0.15, 0.2) is 0 Å². The lowest BCUT2D eigenvalue weighted by atomic mass is 10.6. The van der Waals surface area contributed by atoms with Crippen LogP contribution < -0.4 is 0 Å². The smallest absolute Gasteiger partial charge is 0.320 e. The molecule has 0 aromatic carbocycles. The predicted molar refractivity (Wildman–Crippen MR) is 70.0 cm³/mol. The highest BCUT2D eigenvalue weighted by Crippen LogP contribution is 2.27. The molecule has 15 heavy (non-hydrogen) atoms. The molecule has 0 aromatic heterocycles. The Morgan fingerprint density at radius 2 is 1.73 bits per heavy atom. The molecule has 0 spiro atoms. The van der Waals surface area contributed by atoms with E-state index in [0.29, 0.717) is 0 Å². The third kappa shape index (κ3) is 4.12. The van der Waals surface area contributed by atoms with Gasteiger partial charge >= 0.3 is 17.8 Å². The first-order chi connectivity index (χ1) is 7.26. The van der Waals surface area contributed by atoms with Gasteiger partial charge in [0.25, 0.3) is 10.0 Å². The maximum atomic E-state index is 6.26. The van der Waals surface area contributed by atoms with E-state index in [4.69, 9.17) is 12.3 Å².